The van der Waals surface area contributed by atoms with Gasteiger partial charge in [0.25, 0.3) is 5.91 Å². The Balaban J connectivity index is 1.88. The number of aliphatic hydroxyl groups is 1. The zero-order valence-electron chi connectivity index (χ0n) is 12.8. The molecular weight excluding hydrogens is 306 g/mol. The molecule has 0 spiro atoms. The topological polar surface area (TPSA) is 84.6 Å². The number of amides is 3. The number of piperidine rings is 1. The highest BCUT2D eigenvalue weighted by atomic mass is 16.3. The first kappa shape index (κ1) is 14.7. The van der Waals surface area contributed by atoms with Gasteiger partial charge in [0.15, 0.2) is 0 Å². The second-order valence-corrected chi connectivity index (χ2v) is 6.09. The maximum absolute atomic E-state index is 12.8. The number of nitrogens with zero attached hydrogens (tertiary/aromatic N) is 3. The minimum Gasteiger partial charge on any atom is -0.390 e. The van der Waals surface area contributed by atoms with Crippen LogP contribution in [0.15, 0.2) is 36.4 Å². The lowest BCUT2D eigenvalue weighted by Gasteiger charge is -2.30. The summed E-state index contributed by atoms with van der Waals surface area (Å²) in [5.74, 6) is -0.401. The molecule has 3 amide bonds. The van der Waals surface area contributed by atoms with Gasteiger partial charge in [-0.3, -0.25) is 4.79 Å². The number of urea groups is 1. The van der Waals surface area contributed by atoms with Gasteiger partial charge in [-0.15, -0.1) is 0 Å². The summed E-state index contributed by atoms with van der Waals surface area (Å²) >= 11 is 0. The first-order chi connectivity index (χ1) is 11.6. The highest BCUT2D eigenvalue weighted by molar-refractivity contribution is 6.24. The number of fused-ring (bicyclic) bond motifs is 2. The lowest BCUT2D eigenvalue weighted by molar-refractivity contribution is -0.124. The van der Waals surface area contributed by atoms with Gasteiger partial charge in [0, 0.05) is 17.3 Å². The molecule has 0 saturated carbocycles. The summed E-state index contributed by atoms with van der Waals surface area (Å²) in [4.78, 5) is 28.1. The summed E-state index contributed by atoms with van der Waals surface area (Å²) in [5.41, 5.74) is 0.951. The highest BCUT2D eigenvalue weighted by Gasteiger charge is 2.50. The number of hydrogen-bond donors (Lipinski definition) is 1. The van der Waals surface area contributed by atoms with Crippen LogP contribution in [0.2, 0.25) is 0 Å². The van der Waals surface area contributed by atoms with Crippen LogP contribution in [0.4, 0.5) is 10.5 Å². The third-order valence-corrected chi connectivity index (χ3v) is 4.77. The number of anilines is 1. The van der Waals surface area contributed by atoms with Gasteiger partial charge in [0.2, 0.25) is 0 Å². The Hall–Kier alpha value is -2.91. The number of carbonyl (C=O) groups excluding carboxylic acids is 2. The predicted molar refractivity (Wildman–Crippen MR) is 87.3 cm³/mol. The first-order valence-electron chi connectivity index (χ1n) is 7.88. The van der Waals surface area contributed by atoms with Crippen LogP contribution in [0.1, 0.15) is 18.4 Å². The molecule has 2 aromatic rings. The molecule has 4 rings (SSSR count). The first-order valence-corrected chi connectivity index (χ1v) is 7.88. The maximum atomic E-state index is 12.8. The smallest absolute Gasteiger partial charge is 0.332 e. The molecule has 6 heteroatoms. The van der Waals surface area contributed by atoms with Gasteiger partial charge in [-0.2, -0.15) is 5.26 Å². The third kappa shape index (κ3) is 1.92. The van der Waals surface area contributed by atoms with Crippen molar-refractivity contribution in [3.8, 4) is 6.07 Å². The van der Waals surface area contributed by atoms with Gasteiger partial charge >= 0.3 is 6.03 Å². The van der Waals surface area contributed by atoms with Crippen molar-refractivity contribution >= 4 is 28.4 Å². The van der Waals surface area contributed by atoms with Gasteiger partial charge in [-0.1, -0.05) is 24.3 Å². The number of imide groups is 1. The van der Waals surface area contributed by atoms with Gasteiger partial charge in [-0.25, -0.2) is 9.69 Å². The summed E-state index contributed by atoms with van der Waals surface area (Å²) < 4.78 is 0. The van der Waals surface area contributed by atoms with E-state index in [9.17, 15) is 20.0 Å². The summed E-state index contributed by atoms with van der Waals surface area (Å²) in [7, 11) is 0. The minimum atomic E-state index is -0.829. The quantitative estimate of drug-likeness (QED) is 0.814. The van der Waals surface area contributed by atoms with Crippen LogP contribution < -0.4 is 4.90 Å². The van der Waals surface area contributed by atoms with E-state index < -0.39 is 24.1 Å². The molecule has 2 atom stereocenters. The molecule has 2 fully saturated rings. The monoisotopic (exact) mass is 321 g/mol. The van der Waals surface area contributed by atoms with E-state index in [4.69, 9.17) is 0 Å². The van der Waals surface area contributed by atoms with E-state index in [2.05, 4.69) is 6.07 Å². The third-order valence-electron chi connectivity index (χ3n) is 4.77. The molecule has 2 heterocycles. The molecule has 2 aliphatic rings. The minimum absolute atomic E-state index is 0.401. The fourth-order valence-electron chi connectivity index (χ4n) is 3.64. The number of benzene rings is 2. The van der Waals surface area contributed by atoms with Crippen molar-refractivity contribution in [1.29, 1.82) is 5.26 Å². The SMILES string of the molecule is N#Cc1ccc(N2C(=O)[C@H]3[C@@H](O)CCCN3C2=O)c2ccccc12. The number of rotatable bonds is 1. The molecule has 0 unspecified atom stereocenters. The van der Waals surface area contributed by atoms with Gasteiger partial charge in [-0.05, 0) is 25.0 Å². The standard InChI is InChI=1S/C18H15N3O3/c19-10-11-7-8-14(13-5-2-1-4-12(11)13)21-17(23)16-15(22)6-3-9-20(16)18(21)24/h1-2,4-5,7-8,15-16,22H,3,6,9H2/t15-,16+/m0/s1. The molecule has 24 heavy (non-hydrogen) atoms. The lowest BCUT2D eigenvalue weighted by atomic mass is 9.99. The van der Waals surface area contributed by atoms with Crippen molar-refractivity contribution in [1.82, 2.24) is 4.90 Å². The van der Waals surface area contributed by atoms with Crippen LogP contribution in [0.25, 0.3) is 10.8 Å². The summed E-state index contributed by atoms with van der Waals surface area (Å²) in [6.45, 7) is 0.469. The Morgan fingerprint density at radius 2 is 1.88 bits per heavy atom. The second-order valence-electron chi connectivity index (χ2n) is 6.09. The Labute approximate surface area is 138 Å². The van der Waals surface area contributed by atoms with E-state index in [0.717, 1.165) is 4.90 Å². The maximum Gasteiger partial charge on any atom is 0.332 e. The molecule has 120 valence electrons. The molecule has 0 aromatic heterocycles. The molecule has 0 aliphatic carbocycles. The van der Waals surface area contributed by atoms with Crippen LogP contribution in [0, 0.1) is 11.3 Å². The fourth-order valence-corrected chi connectivity index (χ4v) is 3.64. The number of aliphatic hydroxyl groups excluding tert-OH is 1. The van der Waals surface area contributed by atoms with E-state index in [-0.39, 0.29) is 0 Å². The van der Waals surface area contributed by atoms with Crippen molar-refractivity contribution in [2.45, 2.75) is 25.0 Å². The van der Waals surface area contributed by atoms with Crippen LogP contribution >= 0.6 is 0 Å². The van der Waals surface area contributed by atoms with Crippen molar-refractivity contribution in [2.24, 2.45) is 0 Å². The Kier molecular flexibility index (Phi) is 3.25. The van der Waals surface area contributed by atoms with E-state index in [1.807, 2.05) is 6.07 Å². The average molecular weight is 321 g/mol. The van der Waals surface area contributed by atoms with Crippen molar-refractivity contribution in [2.75, 3.05) is 11.4 Å². The Morgan fingerprint density at radius 3 is 2.58 bits per heavy atom. The van der Waals surface area contributed by atoms with Crippen LogP contribution in [0.3, 0.4) is 0 Å². The van der Waals surface area contributed by atoms with Crippen LogP contribution in [-0.2, 0) is 4.79 Å². The molecular formula is C18H15N3O3. The zero-order valence-corrected chi connectivity index (χ0v) is 12.8. The zero-order chi connectivity index (χ0) is 16.8. The van der Waals surface area contributed by atoms with Crippen LogP contribution in [-0.4, -0.2) is 40.6 Å². The summed E-state index contributed by atoms with van der Waals surface area (Å²) in [6.07, 6.45) is 0.366. The number of hydrogen-bond acceptors (Lipinski definition) is 4. The normalized spacial score (nSPS) is 23.5. The van der Waals surface area contributed by atoms with Gasteiger partial charge in [0.05, 0.1) is 23.4 Å². The number of nitriles is 1. The Morgan fingerprint density at radius 1 is 1.12 bits per heavy atom. The van der Waals surface area contributed by atoms with Crippen molar-refractivity contribution < 1.29 is 14.7 Å². The predicted octanol–water partition coefficient (Wildman–Crippen LogP) is 2.00. The highest BCUT2D eigenvalue weighted by Crippen LogP contribution is 2.35. The van der Waals surface area contributed by atoms with E-state index in [1.54, 1.807) is 30.3 Å². The average Bonchev–Trinajstić information content (AvgIpc) is 2.86. The second kappa shape index (κ2) is 5.32. The van der Waals surface area contributed by atoms with Crippen molar-refractivity contribution in [3.63, 3.8) is 0 Å². The molecule has 2 aliphatic heterocycles. The van der Waals surface area contributed by atoms with Gasteiger partial charge < -0.3 is 10.0 Å². The molecule has 0 bridgehead atoms. The van der Waals surface area contributed by atoms with E-state index in [1.165, 1.54) is 4.90 Å². The molecule has 1 N–H and O–H groups in total. The van der Waals surface area contributed by atoms with Crippen molar-refractivity contribution in [3.05, 3.63) is 42.0 Å². The molecule has 0 radical (unpaired) electrons. The fraction of sp³-hybridized carbons (Fsp3) is 0.278. The Bertz CT molecular complexity index is 902. The largest absolute Gasteiger partial charge is 0.390 e. The lowest BCUT2D eigenvalue weighted by Crippen LogP contribution is -2.48. The molecule has 2 saturated heterocycles. The van der Waals surface area contributed by atoms with E-state index >= 15 is 0 Å². The molecule has 2 aromatic carbocycles. The van der Waals surface area contributed by atoms with E-state index in [0.29, 0.717) is 41.4 Å². The number of carbonyl (C=O) groups is 2. The summed E-state index contributed by atoms with van der Waals surface area (Å²) in [6, 6.07) is 11.4. The van der Waals surface area contributed by atoms with Gasteiger partial charge in [0.1, 0.15) is 6.04 Å². The van der Waals surface area contributed by atoms with Crippen LogP contribution in [0.5, 0.6) is 0 Å². The summed E-state index contributed by atoms with van der Waals surface area (Å²) in [5, 5.41) is 20.8. The molecule has 6 nitrogen and oxygen atoms in total.